The van der Waals surface area contributed by atoms with E-state index in [2.05, 4.69) is 21.4 Å². The van der Waals surface area contributed by atoms with Crippen molar-refractivity contribution in [3.63, 3.8) is 0 Å². The van der Waals surface area contributed by atoms with Crippen LogP contribution in [0.15, 0.2) is 48.0 Å². The van der Waals surface area contributed by atoms with E-state index in [4.69, 9.17) is 4.74 Å². The molecule has 1 aromatic heterocycles. The van der Waals surface area contributed by atoms with Crippen LogP contribution in [0.3, 0.4) is 0 Å². The Labute approximate surface area is 278 Å². The molecule has 11 heteroatoms. The standard InChI is InChI=1S/C36H47N5O5S/c1-24-21-40(22-25(2)46-24)36(43)29-19-27-13-9-10-14-30(27)34-33(26-11-7-6-8-12-26)31-16-15-28(20-32(31)41(34)23-29)35(42)37-47(44,45)39(5)18-17-38(3)4/h9-10,13-16,19-20,24-26H,6-8,11-12,17-18,21-23H2,1-5H3,(H,37,42)/t24-,25+. The Hall–Kier alpha value is -3.51. The fourth-order valence-corrected chi connectivity index (χ4v) is 8.24. The summed E-state index contributed by atoms with van der Waals surface area (Å²) in [6.45, 7) is 6.14. The minimum Gasteiger partial charge on any atom is -0.372 e. The molecule has 2 atom stereocenters. The number of amides is 2. The predicted molar refractivity (Wildman–Crippen MR) is 185 cm³/mol. The lowest BCUT2D eigenvalue weighted by Gasteiger charge is -2.35. The lowest BCUT2D eigenvalue weighted by Crippen LogP contribution is -2.48. The molecule has 1 saturated heterocycles. The molecule has 1 aliphatic carbocycles. The molecule has 0 spiro atoms. The van der Waals surface area contributed by atoms with E-state index < -0.39 is 16.1 Å². The van der Waals surface area contributed by atoms with Gasteiger partial charge in [0.15, 0.2) is 0 Å². The maximum Gasteiger partial charge on any atom is 0.303 e. The monoisotopic (exact) mass is 661 g/mol. The molecule has 2 aromatic carbocycles. The third-order valence-electron chi connectivity index (χ3n) is 9.73. The van der Waals surface area contributed by atoms with Crippen LogP contribution in [0.1, 0.15) is 73.4 Å². The lowest BCUT2D eigenvalue weighted by atomic mass is 9.81. The Morgan fingerprint density at radius 2 is 1.66 bits per heavy atom. The minimum absolute atomic E-state index is 0.0172. The second kappa shape index (κ2) is 13.5. The molecule has 3 heterocycles. The highest BCUT2D eigenvalue weighted by atomic mass is 32.2. The molecule has 1 N–H and O–H groups in total. The number of carbonyl (C=O) groups is 2. The summed E-state index contributed by atoms with van der Waals surface area (Å²) in [7, 11) is 1.15. The van der Waals surface area contributed by atoms with E-state index in [1.807, 2.05) is 62.0 Å². The summed E-state index contributed by atoms with van der Waals surface area (Å²) in [5, 5.41) is 1.05. The summed E-state index contributed by atoms with van der Waals surface area (Å²) in [6, 6.07) is 13.7. The van der Waals surface area contributed by atoms with Crippen LogP contribution in [0.5, 0.6) is 0 Å². The van der Waals surface area contributed by atoms with Crippen LogP contribution in [0.2, 0.25) is 0 Å². The lowest BCUT2D eigenvalue weighted by molar-refractivity contribution is -0.139. The number of morpholine rings is 1. The number of benzene rings is 2. The number of rotatable bonds is 8. The van der Waals surface area contributed by atoms with Crippen LogP contribution in [0.4, 0.5) is 0 Å². The van der Waals surface area contributed by atoms with E-state index in [9.17, 15) is 18.0 Å². The maximum atomic E-state index is 14.2. The van der Waals surface area contributed by atoms with Gasteiger partial charge in [-0.1, -0.05) is 49.6 Å². The summed E-state index contributed by atoms with van der Waals surface area (Å²) in [5.41, 5.74) is 6.14. The number of fused-ring (bicyclic) bond motifs is 5. The zero-order chi connectivity index (χ0) is 33.5. The van der Waals surface area contributed by atoms with Gasteiger partial charge in [-0.2, -0.15) is 12.7 Å². The second-order valence-electron chi connectivity index (χ2n) is 13.7. The molecule has 47 heavy (non-hydrogen) atoms. The van der Waals surface area contributed by atoms with Crippen LogP contribution in [-0.4, -0.2) is 98.4 Å². The first-order valence-corrected chi connectivity index (χ1v) is 18.2. The van der Waals surface area contributed by atoms with Crippen molar-refractivity contribution < 1.29 is 22.7 Å². The first-order valence-electron chi connectivity index (χ1n) is 16.8. The molecule has 252 valence electrons. The predicted octanol–water partition coefficient (Wildman–Crippen LogP) is 4.86. The summed E-state index contributed by atoms with van der Waals surface area (Å²) < 4.78 is 37.6. The van der Waals surface area contributed by atoms with E-state index in [1.54, 1.807) is 12.1 Å². The topological polar surface area (TPSA) is 104 Å². The molecule has 0 radical (unpaired) electrons. The van der Waals surface area contributed by atoms with Crippen LogP contribution in [0, 0.1) is 0 Å². The Balaban J connectivity index is 1.45. The summed E-state index contributed by atoms with van der Waals surface area (Å²) in [5.74, 6) is -0.355. The average Bonchev–Trinajstić information content (AvgIpc) is 3.25. The molecule has 10 nitrogen and oxygen atoms in total. The first-order chi connectivity index (χ1) is 22.4. The number of hydrogen-bond acceptors (Lipinski definition) is 6. The molecular weight excluding hydrogens is 614 g/mol. The van der Waals surface area contributed by atoms with E-state index in [0.717, 1.165) is 57.7 Å². The van der Waals surface area contributed by atoms with Gasteiger partial charge in [0.05, 0.1) is 24.4 Å². The molecule has 2 aliphatic heterocycles. The molecule has 0 unspecified atom stereocenters. The number of ether oxygens (including phenoxy) is 1. The first kappa shape index (κ1) is 33.4. The number of aromatic nitrogens is 1. The van der Waals surface area contributed by atoms with Gasteiger partial charge in [-0.05, 0) is 76.0 Å². The van der Waals surface area contributed by atoms with Crippen LogP contribution < -0.4 is 4.72 Å². The van der Waals surface area contributed by atoms with E-state index in [0.29, 0.717) is 37.7 Å². The van der Waals surface area contributed by atoms with Crippen molar-refractivity contribution in [1.82, 2.24) is 23.4 Å². The number of likely N-dealkylation sites (N-methyl/N-ethyl adjacent to an activating group) is 2. The molecule has 2 amide bonds. The highest BCUT2D eigenvalue weighted by Gasteiger charge is 2.33. The fourth-order valence-electron chi connectivity index (χ4n) is 7.41. The molecule has 1 saturated carbocycles. The SMILES string of the molecule is C[C@@H]1CN(C(=O)C2=Cc3ccccc3-c3c(C4CCCCC4)c4ccc(C(=O)NS(=O)(=O)N(C)CCN(C)C)cc4n3C2)C[C@H](C)O1. The van der Waals surface area contributed by atoms with Crippen LogP contribution in [0.25, 0.3) is 28.2 Å². The van der Waals surface area contributed by atoms with Gasteiger partial charge in [0, 0.05) is 60.8 Å². The van der Waals surface area contributed by atoms with Crippen LogP contribution in [-0.2, 0) is 26.3 Å². The minimum atomic E-state index is -4.04. The molecule has 6 rings (SSSR count). The second-order valence-corrected chi connectivity index (χ2v) is 15.5. The van der Waals surface area contributed by atoms with Gasteiger partial charge >= 0.3 is 10.2 Å². The number of hydrogen-bond donors (Lipinski definition) is 1. The van der Waals surface area contributed by atoms with Crippen molar-refractivity contribution in [3.05, 3.63) is 64.7 Å². The van der Waals surface area contributed by atoms with Crippen molar-refractivity contribution in [1.29, 1.82) is 0 Å². The summed E-state index contributed by atoms with van der Waals surface area (Å²) in [6.07, 6.45) is 7.62. The largest absolute Gasteiger partial charge is 0.372 e. The summed E-state index contributed by atoms with van der Waals surface area (Å²) >= 11 is 0. The highest BCUT2D eigenvalue weighted by Crippen LogP contribution is 2.46. The average molecular weight is 662 g/mol. The molecule has 3 aliphatic rings. The van der Waals surface area contributed by atoms with Gasteiger partial charge in [0.2, 0.25) is 0 Å². The molecular formula is C36H47N5O5S. The number of carbonyl (C=O) groups excluding carboxylic acids is 2. The third kappa shape index (κ3) is 6.90. The zero-order valence-corrected chi connectivity index (χ0v) is 29.0. The Kier molecular flexibility index (Phi) is 9.62. The smallest absolute Gasteiger partial charge is 0.303 e. The fraction of sp³-hybridized carbons (Fsp3) is 0.500. The third-order valence-corrected chi connectivity index (χ3v) is 11.2. The number of nitrogens with zero attached hydrogens (tertiary/aromatic N) is 4. The van der Waals surface area contributed by atoms with E-state index in [1.165, 1.54) is 19.0 Å². The highest BCUT2D eigenvalue weighted by molar-refractivity contribution is 7.87. The van der Waals surface area contributed by atoms with Gasteiger partial charge in [-0.25, -0.2) is 4.72 Å². The quantitative estimate of drug-likeness (QED) is 0.370. The number of nitrogens with one attached hydrogen (secondary N) is 1. The van der Waals surface area contributed by atoms with Gasteiger partial charge in [0.25, 0.3) is 11.8 Å². The maximum absolute atomic E-state index is 14.2. The normalized spacial score (nSPS) is 20.6. The Morgan fingerprint density at radius 3 is 2.36 bits per heavy atom. The van der Waals surface area contributed by atoms with Gasteiger partial charge in [-0.15, -0.1) is 0 Å². The van der Waals surface area contributed by atoms with Crippen molar-refractivity contribution in [2.45, 2.75) is 70.6 Å². The molecule has 0 bridgehead atoms. The van der Waals surface area contributed by atoms with Gasteiger partial charge in [-0.3, -0.25) is 9.59 Å². The van der Waals surface area contributed by atoms with Crippen molar-refractivity contribution in [3.8, 4) is 11.3 Å². The zero-order valence-electron chi connectivity index (χ0n) is 28.2. The van der Waals surface area contributed by atoms with Crippen molar-refractivity contribution >= 4 is 39.0 Å². The molecule has 2 fully saturated rings. The Morgan fingerprint density at radius 1 is 0.957 bits per heavy atom. The Bertz CT molecular complexity index is 1800. The van der Waals surface area contributed by atoms with Crippen molar-refractivity contribution in [2.24, 2.45) is 0 Å². The van der Waals surface area contributed by atoms with E-state index in [-0.39, 0.29) is 30.2 Å². The molecule has 3 aromatic rings. The van der Waals surface area contributed by atoms with Gasteiger partial charge < -0.3 is 19.1 Å². The van der Waals surface area contributed by atoms with Gasteiger partial charge in [0.1, 0.15) is 0 Å². The van der Waals surface area contributed by atoms with E-state index >= 15 is 0 Å². The van der Waals surface area contributed by atoms with Crippen molar-refractivity contribution in [2.75, 3.05) is 47.3 Å². The van der Waals surface area contributed by atoms with Crippen LogP contribution >= 0.6 is 0 Å². The summed E-state index contributed by atoms with van der Waals surface area (Å²) in [4.78, 5) is 31.5.